The van der Waals surface area contributed by atoms with Crippen molar-refractivity contribution in [2.24, 2.45) is 0 Å². The van der Waals surface area contributed by atoms with Crippen molar-refractivity contribution in [2.45, 2.75) is 32.1 Å². The lowest BCUT2D eigenvalue weighted by Gasteiger charge is -2.16. The van der Waals surface area contributed by atoms with Gasteiger partial charge in [0, 0.05) is 28.0 Å². The topological polar surface area (TPSA) is 64.4 Å². The van der Waals surface area contributed by atoms with Crippen LogP contribution in [0.4, 0.5) is 5.13 Å². The van der Waals surface area contributed by atoms with Crippen LogP contribution in [0.2, 0.25) is 0 Å². The van der Waals surface area contributed by atoms with Gasteiger partial charge >= 0.3 is 0 Å². The second-order valence-electron chi connectivity index (χ2n) is 7.58. The molecule has 0 radical (unpaired) electrons. The van der Waals surface area contributed by atoms with Gasteiger partial charge in [-0.3, -0.25) is 4.79 Å². The summed E-state index contributed by atoms with van der Waals surface area (Å²) in [7, 11) is 1.62. The quantitative estimate of drug-likeness (QED) is 0.456. The highest BCUT2D eigenvalue weighted by Crippen LogP contribution is 2.30. The van der Waals surface area contributed by atoms with E-state index in [1.165, 1.54) is 41.7 Å². The molecule has 0 unspecified atom stereocenters. The largest absolute Gasteiger partial charge is 0.497 e. The number of fused-ring (bicyclic) bond motifs is 2. The SMILES string of the molecule is COc1ccc2c(CC(=O)Nc3nc(-c4ccc5c(c4)CCCC5)cs3)coc2c1. The average molecular weight is 419 g/mol. The van der Waals surface area contributed by atoms with Gasteiger partial charge in [-0.2, -0.15) is 0 Å². The normalized spacial score (nSPS) is 13.2. The van der Waals surface area contributed by atoms with Gasteiger partial charge in [-0.05, 0) is 55.0 Å². The molecule has 4 aromatic rings. The van der Waals surface area contributed by atoms with Gasteiger partial charge in [-0.25, -0.2) is 4.98 Å². The Bertz CT molecular complexity index is 1220. The minimum atomic E-state index is -0.111. The summed E-state index contributed by atoms with van der Waals surface area (Å²) in [5.41, 5.74) is 6.46. The second kappa shape index (κ2) is 7.95. The number of benzene rings is 2. The number of furan rings is 1. The molecular weight excluding hydrogens is 396 g/mol. The molecule has 0 spiro atoms. The minimum Gasteiger partial charge on any atom is -0.497 e. The Morgan fingerprint density at radius 1 is 1.17 bits per heavy atom. The number of carbonyl (C=O) groups is 1. The van der Waals surface area contributed by atoms with E-state index in [0.29, 0.717) is 10.7 Å². The molecule has 0 aliphatic heterocycles. The van der Waals surface area contributed by atoms with Crippen molar-refractivity contribution >= 4 is 33.3 Å². The number of ether oxygens (including phenoxy) is 1. The molecule has 0 bridgehead atoms. The molecular formula is C24H22N2O3S. The van der Waals surface area contributed by atoms with Gasteiger partial charge in [0.2, 0.25) is 5.91 Å². The molecule has 30 heavy (non-hydrogen) atoms. The van der Waals surface area contributed by atoms with E-state index >= 15 is 0 Å². The molecule has 2 aromatic carbocycles. The van der Waals surface area contributed by atoms with Crippen LogP contribution in [0.15, 0.2) is 52.5 Å². The maximum atomic E-state index is 12.6. The predicted molar refractivity (Wildman–Crippen MR) is 119 cm³/mol. The number of nitrogens with zero attached hydrogens (tertiary/aromatic N) is 1. The van der Waals surface area contributed by atoms with Crippen LogP contribution in [0, 0.1) is 0 Å². The maximum absolute atomic E-state index is 12.6. The van der Waals surface area contributed by atoms with Crippen molar-refractivity contribution in [3.8, 4) is 17.0 Å². The Labute approximate surface area is 178 Å². The Balaban J connectivity index is 1.29. The third kappa shape index (κ3) is 3.71. The summed E-state index contributed by atoms with van der Waals surface area (Å²) in [6.45, 7) is 0. The van der Waals surface area contributed by atoms with Crippen molar-refractivity contribution in [3.63, 3.8) is 0 Å². The Morgan fingerprint density at radius 3 is 2.90 bits per heavy atom. The molecule has 6 heteroatoms. The smallest absolute Gasteiger partial charge is 0.230 e. The van der Waals surface area contributed by atoms with Crippen LogP contribution in [0.25, 0.3) is 22.2 Å². The summed E-state index contributed by atoms with van der Waals surface area (Å²) in [4.78, 5) is 17.2. The molecule has 0 fully saturated rings. The van der Waals surface area contributed by atoms with Crippen molar-refractivity contribution < 1.29 is 13.9 Å². The molecule has 1 aliphatic carbocycles. The molecule has 5 rings (SSSR count). The summed E-state index contributed by atoms with van der Waals surface area (Å²) < 4.78 is 10.8. The van der Waals surface area contributed by atoms with E-state index in [1.807, 2.05) is 23.6 Å². The number of amides is 1. The van der Waals surface area contributed by atoms with E-state index in [4.69, 9.17) is 9.15 Å². The van der Waals surface area contributed by atoms with Crippen LogP contribution >= 0.6 is 11.3 Å². The van der Waals surface area contributed by atoms with Crippen molar-refractivity contribution in [1.82, 2.24) is 4.98 Å². The number of thiazole rings is 1. The van der Waals surface area contributed by atoms with Crippen LogP contribution in [-0.4, -0.2) is 18.0 Å². The number of aromatic nitrogens is 1. The van der Waals surface area contributed by atoms with E-state index in [0.717, 1.165) is 34.4 Å². The van der Waals surface area contributed by atoms with E-state index in [2.05, 4.69) is 28.5 Å². The van der Waals surface area contributed by atoms with Crippen LogP contribution < -0.4 is 10.1 Å². The fourth-order valence-electron chi connectivity index (χ4n) is 4.02. The van der Waals surface area contributed by atoms with Crippen molar-refractivity contribution in [3.05, 3.63) is 64.7 Å². The first-order valence-corrected chi connectivity index (χ1v) is 11.0. The molecule has 1 aliphatic rings. The Kier molecular flexibility index (Phi) is 5.01. The first kappa shape index (κ1) is 18.9. The number of anilines is 1. The van der Waals surface area contributed by atoms with Gasteiger partial charge in [0.15, 0.2) is 5.13 Å². The fourth-order valence-corrected chi connectivity index (χ4v) is 4.76. The molecule has 0 saturated heterocycles. The lowest BCUT2D eigenvalue weighted by atomic mass is 9.90. The van der Waals surface area contributed by atoms with Crippen LogP contribution in [0.5, 0.6) is 5.75 Å². The summed E-state index contributed by atoms with van der Waals surface area (Å²) in [5.74, 6) is 0.616. The molecule has 1 N–H and O–H groups in total. The lowest BCUT2D eigenvalue weighted by Crippen LogP contribution is -2.14. The summed E-state index contributed by atoms with van der Waals surface area (Å²) >= 11 is 1.45. The molecule has 152 valence electrons. The zero-order chi connectivity index (χ0) is 20.5. The summed E-state index contributed by atoms with van der Waals surface area (Å²) in [6, 6.07) is 12.2. The molecule has 0 atom stereocenters. The maximum Gasteiger partial charge on any atom is 0.230 e. The minimum absolute atomic E-state index is 0.111. The van der Waals surface area contributed by atoms with Gasteiger partial charge in [-0.15, -0.1) is 11.3 Å². The molecule has 1 amide bonds. The van der Waals surface area contributed by atoms with Crippen molar-refractivity contribution in [1.29, 1.82) is 0 Å². The zero-order valence-corrected chi connectivity index (χ0v) is 17.6. The highest BCUT2D eigenvalue weighted by Gasteiger charge is 2.15. The first-order chi connectivity index (χ1) is 14.7. The molecule has 2 aromatic heterocycles. The summed E-state index contributed by atoms with van der Waals surface area (Å²) in [6.07, 6.45) is 6.70. The van der Waals surface area contributed by atoms with E-state index < -0.39 is 0 Å². The number of hydrogen-bond acceptors (Lipinski definition) is 5. The zero-order valence-electron chi connectivity index (χ0n) is 16.7. The van der Waals surface area contributed by atoms with E-state index in [1.54, 1.807) is 13.4 Å². The number of carbonyl (C=O) groups excluding carboxylic acids is 1. The number of rotatable bonds is 5. The third-order valence-electron chi connectivity index (χ3n) is 5.61. The molecule has 2 heterocycles. The van der Waals surface area contributed by atoms with Gasteiger partial charge in [0.25, 0.3) is 0 Å². The standard InChI is InChI=1S/C24H22N2O3S/c1-28-19-8-9-20-18(13-29-22(20)12-19)11-23(27)26-24-25-21(14-30-24)17-7-6-15-4-2-3-5-16(15)10-17/h6-10,12-14H,2-5,11H2,1H3,(H,25,26,27). The third-order valence-corrected chi connectivity index (χ3v) is 6.37. The monoisotopic (exact) mass is 418 g/mol. The molecule has 0 saturated carbocycles. The second-order valence-corrected chi connectivity index (χ2v) is 8.43. The van der Waals surface area contributed by atoms with Crippen LogP contribution in [0.1, 0.15) is 29.5 Å². The van der Waals surface area contributed by atoms with Crippen molar-refractivity contribution in [2.75, 3.05) is 12.4 Å². The Morgan fingerprint density at radius 2 is 2.03 bits per heavy atom. The first-order valence-electron chi connectivity index (χ1n) is 10.1. The highest BCUT2D eigenvalue weighted by molar-refractivity contribution is 7.14. The summed E-state index contributed by atoms with van der Waals surface area (Å²) in [5, 5.41) is 6.45. The van der Waals surface area contributed by atoms with Gasteiger partial charge in [0.1, 0.15) is 11.3 Å². The number of nitrogens with one attached hydrogen (secondary N) is 1. The van der Waals surface area contributed by atoms with E-state index in [9.17, 15) is 4.79 Å². The predicted octanol–water partition coefficient (Wildman–Crippen LogP) is 5.62. The lowest BCUT2D eigenvalue weighted by molar-refractivity contribution is -0.115. The number of methoxy groups -OCH3 is 1. The highest BCUT2D eigenvalue weighted by atomic mass is 32.1. The van der Waals surface area contributed by atoms with Gasteiger partial charge < -0.3 is 14.5 Å². The van der Waals surface area contributed by atoms with Gasteiger partial charge in [0.05, 0.1) is 25.5 Å². The number of aryl methyl sites for hydroxylation is 2. The average Bonchev–Trinajstić information content (AvgIpc) is 3.40. The van der Waals surface area contributed by atoms with Crippen LogP contribution in [0.3, 0.4) is 0 Å². The Hall–Kier alpha value is -3.12. The molecule has 5 nitrogen and oxygen atoms in total. The fraction of sp³-hybridized carbons (Fsp3) is 0.250. The van der Waals surface area contributed by atoms with Gasteiger partial charge in [-0.1, -0.05) is 12.1 Å². The number of hydrogen-bond donors (Lipinski definition) is 1. The van der Waals surface area contributed by atoms with E-state index in [-0.39, 0.29) is 12.3 Å². The van der Waals surface area contributed by atoms with Crippen LogP contribution in [-0.2, 0) is 24.1 Å².